The molecule has 2 nitrogen and oxygen atoms in total. The quantitative estimate of drug-likeness (QED) is 0.764. The number of nitrogens with one attached hydrogen (secondary N) is 1. The highest BCUT2D eigenvalue weighted by Gasteiger charge is 2.27. The monoisotopic (exact) mass is 257 g/mol. The minimum Gasteiger partial charge on any atom is -0.371 e. The molecule has 0 radical (unpaired) electrons. The van der Waals surface area contributed by atoms with Crippen LogP contribution in [0.4, 0.5) is 13.2 Å². The zero-order chi connectivity index (χ0) is 12.0. The van der Waals surface area contributed by atoms with Gasteiger partial charge in [-0.3, -0.25) is 0 Å². The lowest BCUT2D eigenvalue weighted by Gasteiger charge is -2.29. The van der Waals surface area contributed by atoms with Crippen LogP contribution in [-0.2, 0) is 4.74 Å². The van der Waals surface area contributed by atoms with Crippen molar-refractivity contribution in [2.45, 2.75) is 37.2 Å². The summed E-state index contributed by atoms with van der Waals surface area (Å²) in [5.74, 6) is 1.18. The highest BCUT2D eigenvalue weighted by Crippen LogP contribution is 2.24. The van der Waals surface area contributed by atoms with Crippen LogP contribution < -0.4 is 5.32 Å². The third kappa shape index (κ3) is 5.96. The van der Waals surface area contributed by atoms with Crippen LogP contribution in [0.25, 0.3) is 0 Å². The maximum atomic E-state index is 11.8. The molecule has 2 atom stereocenters. The Kier molecular flexibility index (Phi) is 5.92. The first-order valence-electron chi connectivity index (χ1n) is 5.48. The smallest absolute Gasteiger partial charge is 0.371 e. The second kappa shape index (κ2) is 6.71. The maximum absolute atomic E-state index is 11.8. The molecule has 0 saturated carbocycles. The standard InChI is InChI=1S/C10H18F3NOS/c1-8-9(3-2-6-16-8)14-4-5-15-7-10(11,12)13/h8-9,14H,2-7H2,1H3. The van der Waals surface area contributed by atoms with Crippen LogP contribution >= 0.6 is 11.8 Å². The van der Waals surface area contributed by atoms with Gasteiger partial charge in [-0.15, -0.1) is 0 Å². The number of hydrogen-bond donors (Lipinski definition) is 1. The molecule has 6 heteroatoms. The first kappa shape index (κ1) is 14.1. The molecule has 16 heavy (non-hydrogen) atoms. The van der Waals surface area contributed by atoms with Crippen LogP contribution in [0.3, 0.4) is 0 Å². The van der Waals surface area contributed by atoms with Gasteiger partial charge in [0.25, 0.3) is 0 Å². The first-order valence-corrected chi connectivity index (χ1v) is 6.53. The van der Waals surface area contributed by atoms with Gasteiger partial charge in [0.15, 0.2) is 0 Å². The molecule has 0 aromatic heterocycles. The van der Waals surface area contributed by atoms with Crippen molar-refractivity contribution in [2.75, 3.05) is 25.5 Å². The molecule has 1 N–H and O–H groups in total. The van der Waals surface area contributed by atoms with Crippen LogP contribution in [0.5, 0.6) is 0 Å². The van der Waals surface area contributed by atoms with Gasteiger partial charge in [0, 0.05) is 17.8 Å². The lowest BCUT2D eigenvalue weighted by molar-refractivity contribution is -0.173. The number of halogens is 3. The van der Waals surface area contributed by atoms with E-state index in [0.717, 1.165) is 6.42 Å². The Bertz CT molecular complexity index is 201. The van der Waals surface area contributed by atoms with Gasteiger partial charge in [-0.2, -0.15) is 24.9 Å². The van der Waals surface area contributed by atoms with E-state index in [2.05, 4.69) is 17.0 Å². The van der Waals surface area contributed by atoms with Crippen molar-refractivity contribution in [2.24, 2.45) is 0 Å². The summed E-state index contributed by atoms with van der Waals surface area (Å²) in [7, 11) is 0. The second-order valence-corrected chi connectivity index (χ2v) is 5.43. The lowest BCUT2D eigenvalue weighted by Crippen LogP contribution is -2.41. The van der Waals surface area contributed by atoms with Crippen molar-refractivity contribution in [1.29, 1.82) is 0 Å². The highest BCUT2D eigenvalue weighted by atomic mass is 32.2. The Morgan fingerprint density at radius 2 is 2.19 bits per heavy atom. The normalized spacial score (nSPS) is 27.0. The number of rotatable bonds is 5. The SMILES string of the molecule is CC1SCCCC1NCCOCC(F)(F)F. The molecule has 0 spiro atoms. The molecular weight excluding hydrogens is 239 g/mol. The average molecular weight is 257 g/mol. The molecule has 1 fully saturated rings. The van der Waals surface area contributed by atoms with E-state index in [4.69, 9.17) is 0 Å². The van der Waals surface area contributed by atoms with Gasteiger partial charge in [-0.05, 0) is 18.6 Å². The molecule has 1 aliphatic rings. The van der Waals surface area contributed by atoms with E-state index < -0.39 is 12.8 Å². The molecule has 1 saturated heterocycles. The summed E-state index contributed by atoms with van der Waals surface area (Å²) in [5, 5.41) is 3.78. The van der Waals surface area contributed by atoms with Gasteiger partial charge in [-0.25, -0.2) is 0 Å². The van der Waals surface area contributed by atoms with Gasteiger partial charge in [0.05, 0.1) is 6.61 Å². The lowest BCUT2D eigenvalue weighted by atomic mass is 10.1. The number of thioether (sulfide) groups is 1. The number of ether oxygens (including phenoxy) is 1. The van der Waals surface area contributed by atoms with Crippen molar-refractivity contribution in [3.8, 4) is 0 Å². The molecular formula is C10H18F3NOS. The maximum Gasteiger partial charge on any atom is 0.411 e. The Morgan fingerprint density at radius 3 is 2.81 bits per heavy atom. The average Bonchev–Trinajstić information content (AvgIpc) is 2.18. The van der Waals surface area contributed by atoms with Gasteiger partial charge < -0.3 is 10.1 Å². The topological polar surface area (TPSA) is 21.3 Å². The minimum atomic E-state index is -4.21. The zero-order valence-corrected chi connectivity index (χ0v) is 10.2. The summed E-state index contributed by atoms with van der Waals surface area (Å²) in [6.07, 6.45) is -1.93. The third-order valence-electron chi connectivity index (χ3n) is 2.53. The van der Waals surface area contributed by atoms with Crippen LogP contribution in [0.1, 0.15) is 19.8 Å². The fraction of sp³-hybridized carbons (Fsp3) is 1.00. The van der Waals surface area contributed by atoms with Gasteiger partial charge >= 0.3 is 6.18 Å². The molecule has 0 aliphatic carbocycles. The Hall–Kier alpha value is 0.0600. The Labute approximate surface area is 98.3 Å². The van der Waals surface area contributed by atoms with E-state index in [1.807, 2.05) is 11.8 Å². The minimum absolute atomic E-state index is 0.118. The van der Waals surface area contributed by atoms with E-state index in [1.54, 1.807) is 0 Å². The van der Waals surface area contributed by atoms with Crippen molar-refractivity contribution < 1.29 is 17.9 Å². The third-order valence-corrected chi connectivity index (χ3v) is 3.90. The predicted molar refractivity (Wildman–Crippen MR) is 59.8 cm³/mol. The molecule has 0 aromatic rings. The number of alkyl halides is 3. The summed E-state index contributed by atoms with van der Waals surface area (Å²) >= 11 is 1.91. The molecule has 1 aliphatic heterocycles. The van der Waals surface area contributed by atoms with Crippen LogP contribution in [0.15, 0.2) is 0 Å². The predicted octanol–water partition coefficient (Wildman–Crippen LogP) is 2.44. The van der Waals surface area contributed by atoms with Crippen LogP contribution in [-0.4, -0.2) is 43.0 Å². The highest BCUT2D eigenvalue weighted by molar-refractivity contribution is 7.99. The molecule has 0 amide bonds. The first-order chi connectivity index (χ1) is 7.49. The zero-order valence-electron chi connectivity index (χ0n) is 9.35. The van der Waals surface area contributed by atoms with Crippen molar-refractivity contribution in [3.05, 3.63) is 0 Å². The molecule has 1 heterocycles. The molecule has 1 rings (SSSR count). The van der Waals surface area contributed by atoms with Crippen molar-refractivity contribution in [1.82, 2.24) is 5.32 Å². The molecule has 2 unspecified atom stereocenters. The fourth-order valence-corrected chi connectivity index (χ4v) is 2.87. The second-order valence-electron chi connectivity index (χ2n) is 3.95. The fourth-order valence-electron chi connectivity index (χ4n) is 1.70. The number of hydrogen-bond acceptors (Lipinski definition) is 3. The van der Waals surface area contributed by atoms with Gasteiger partial charge in [0.2, 0.25) is 0 Å². The van der Waals surface area contributed by atoms with E-state index in [9.17, 15) is 13.2 Å². The van der Waals surface area contributed by atoms with Crippen molar-refractivity contribution >= 4 is 11.8 Å². The summed E-state index contributed by atoms with van der Waals surface area (Å²) < 4.78 is 39.8. The van der Waals surface area contributed by atoms with Gasteiger partial charge in [-0.1, -0.05) is 6.92 Å². The largest absolute Gasteiger partial charge is 0.411 e. The van der Waals surface area contributed by atoms with E-state index in [-0.39, 0.29) is 6.61 Å². The summed E-state index contributed by atoms with van der Waals surface area (Å²) in [6, 6.07) is 0.410. The molecule has 96 valence electrons. The Balaban J connectivity index is 2.02. The van der Waals surface area contributed by atoms with E-state index in [0.29, 0.717) is 17.8 Å². The summed E-state index contributed by atoms with van der Waals surface area (Å²) in [5.41, 5.74) is 0. The molecule has 0 aromatic carbocycles. The van der Waals surface area contributed by atoms with Crippen LogP contribution in [0, 0.1) is 0 Å². The van der Waals surface area contributed by atoms with Crippen molar-refractivity contribution in [3.63, 3.8) is 0 Å². The summed E-state index contributed by atoms with van der Waals surface area (Å²) in [4.78, 5) is 0. The van der Waals surface area contributed by atoms with E-state index in [1.165, 1.54) is 12.2 Å². The van der Waals surface area contributed by atoms with Crippen LogP contribution in [0.2, 0.25) is 0 Å². The summed E-state index contributed by atoms with van der Waals surface area (Å²) in [6.45, 7) is 1.61. The molecule has 0 bridgehead atoms. The van der Waals surface area contributed by atoms with E-state index >= 15 is 0 Å². The van der Waals surface area contributed by atoms with Gasteiger partial charge in [0.1, 0.15) is 6.61 Å². The Morgan fingerprint density at radius 1 is 1.44 bits per heavy atom.